The van der Waals surface area contributed by atoms with Crippen LogP contribution in [0.1, 0.15) is 41.3 Å². The Hall–Kier alpha value is -1.14. The molecule has 2 rings (SSSR count). The molecule has 1 aromatic heterocycles. The van der Waals surface area contributed by atoms with E-state index in [1.807, 2.05) is 18.9 Å². The van der Waals surface area contributed by atoms with E-state index in [1.165, 1.54) is 4.88 Å². The van der Waals surface area contributed by atoms with E-state index in [2.05, 4.69) is 17.2 Å². The third-order valence-corrected chi connectivity index (χ3v) is 5.76. The monoisotopic (exact) mass is 325 g/mol. The molecule has 1 fully saturated rings. The van der Waals surface area contributed by atoms with Crippen LogP contribution in [-0.4, -0.2) is 47.3 Å². The van der Waals surface area contributed by atoms with Crippen molar-refractivity contribution in [2.75, 3.05) is 20.2 Å². The lowest BCUT2D eigenvalue weighted by Crippen LogP contribution is -2.45. The highest BCUT2D eigenvalue weighted by molar-refractivity contribution is 7.11. The molecule has 1 heterocycles. The molecule has 0 saturated heterocycles. The number of aliphatic hydroxyl groups excluding tert-OH is 1. The minimum absolute atomic E-state index is 0.00236. The summed E-state index contributed by atoms with van der Waals surface area (Å²) in [5.74, 6) is 0.420. The lowest BCUT2D eigenvalue weighted by atomic mass is 9.86. The number of thiazole rings is 1. The largest absolute Gasteiger partial charge is 0.396 e. The summed E-state index contributed by atoms with van der Waals surface area (Å²) in [5.41, 5.74) is 1.09. The van der Waals surface area contributed by atoms with E-state index < -0.39 is 0 Å². The Morgan fingerprint density at radius 2 is 2.05 bits per heavy atom. The number of rotatable bonds is 5. The van der Waals surface area contributed by atoms with Crippen LogP contribution < -0.4 is 5.32 Å². The van der Waals surface area contributed by atoms with Gasteiger partial charge in [0.1, 0.15) is 0 Å². The van der Waals surface area contributed by atoms with Crippen molar-refractivity contribution in [3.8, 4) is 0 Å². The molecular weight excluding hydrogens is 298 g/mol. The first-order chi connectivity index (χ1) is 10.5. The number of nitrogens with one attached hydrogen (secondary N) is 1. The van der Waals surface area contributed by atoms with E-state index in [9.17, 15) is 9.90 Å². The second kappa shape index (κ2) is 7.92. The van der Waals surface area contributed by atoms with Crippen LogP contribution in [0.3, 0.4) is 0 Å². The van der Waals surface area contributed by atoms with Crippen LogP contribution in [0.15, 0.2) is 0 Å². The first-order valence-corrected chi connectivity index (χ1v) is 8.87. The maximum atomic E-state index is 12.2. The molecule has 1 aromatic rings. The standard InChI is InChI=1S/C16H27N3O2S/c1-11-12(2)22-15(18-11)8-9-17-16(21)19(3)14-6-4-13(10-20)5-7-14/h13-14,20H,4-10H2,1-3H3,(H,17,21). The number of urea groups is 1. The number of carbonyl (C=O) groups is 1. The molecule has 5 nitrogen and oxygen atoms in total. The van der Waals surface area contributed by atoms with Crippen LogP contribution >= 0.6 is 11.3 Å². The number of hydrogen-bond donors (Lipinski definition) is 2. The summed E-state index contributed by atoms with van der Waals surface area (Å²) >= 11 is 1.71. The molecule has 1 aliphatic rings. The second-order valence-electron chi connectivity index (χ2n) is 6.20. The van der Waals surface area contributed by atoms with Crippen molar-refractivity contribution in [3.63, 3.8) is 0 Å². The van der Waals surface area contributed by atoms with Gasteiger partial charge in [0.05, 0.1) is 10.7 Å². The maximum absolute atomic E-state index is 12.2. The Labute approximate surface area is 136 Å². The molecule has 0 bridgehead atoms. The lowest BCUT2D eigenvalue weighted by molar-refractivity contribution is 0.134. The Morgan fingerprint density at radius 3 is 2.59 bits per heavy atom. The summed E-state index contributed by atoms with van der Waals surface area (Å²) in [6.45, 7) is 4.99. The van der Waals surface area contributed by atoms with Crippen molar-refractivity contribution in [2.45, 2.75) is 52.0 Å². The van der Waals surface area contributed by atoms with Gasteiger partial charge in [-0.25, -0.2) is 9.78 Å². The Morgan fingerprint density at radius 1 is 1.36 bits per heavy atom. The summed E-state index contributed by atoms with van der Waals surface area (Å²) in [4.78, 5) is 19.8. The van der Waals surface area contributed by atoms with Crippen LogP contribution in [0.25, 0.3) is 0 Å². The van der Waals surface area contributed by atoms with Crippen LogP contribution in [0.4, 0.5) is 4.79 Å². The maximum Gasteiger partial charge on any atom is 0.317 e. The summed E-state index contributed by atoms with van der Waals surface area (Å²) in [6, 6.07) is 0.296. The molecule has 0 aromatic carbocycles. The lowest BCUT2D eigenvalue weighted by Gasteiger charge is -2.34. The number of hydrogen-bond acceptors (Lipinski definition) is 4. The fourth-order valence-electron chi connectivity index (χ4n) is 2.93. The van der Waals surface area contributed by atoms with E-state index in [0.29, 0.717) is 18.5 Å². The predicted molar refractivity (Wildman–Crippen MR) is 89.3 cm³/mol. The number of nitrogens with zero attached hydrogens (tertiary/aromatic N) is 2. The molecule has 6 heteroatoms. The highest BCUT2D eigenvalue weighted by atomic mass is 32.1. The topological polar surface area (TPSA) is 65.5 Å². The normalized spacial score (nSPS) is 21.6. The van der Waals surface area contributed by atoms with E-state index in [4.69, 9.17) is 0 Å². The average Bonchev–Trinajstić information content (AvgIpc) is 2.85. The third kappa shape index (κ3) is 4.43. The van der Waals surface area contributed by atoms with Gasteiger partial charge in [-0.15, -0.1) is 11.3 Å². The van der Waals surface area contributed by atoms with Crippen molar-refractivity contribution in [3.05, 3.63) is 15.6 Å². The first kappa shape index (κ1) is 17.2. The van der Waals surface area contributed by atoms with Crippen molar-refractivity contribution in [1.82, 2.24) is 15.2 Å². The molecule has 22 heavy (non-hydrogen) atoms. The first-order valence-electron chi connectivity index (χ1n) is 8.05. The zero-order valence-corrected chi connectivity index (χ0v) is 14.6. The van der Waals surface area contributed by atoms with E-state index >= 15 is 0 Å². The summed E-state index contributed by atoms with van der Waals surface area (Å²) in [5, 5.41) is 13.2. The zero-order valence-electron chi connectivity index (χ0n) is 13.8. The molecule has 2 N–H and O–H groups in total. The van der Waals surface area contributed by atoms with Gasteiger partial charge in [0, 0.05) is 37.5 Å². The van der Waals surface area contributed by atoms with Crippen molar-refractivity contribution in [2.24, 2.45) is 5.92 Å². The van der Waals surface area contributed by atoms with Crippen molar-refractivity contribution < 1.29 is 9.90 Å². The number of carbonyl (C=O) groups excluding carboxylic acids is 1. The minimum Gasteiger partial charge on any atom is -0.396 e. The predicted octanol–water partition coefficient (Wildman–Crippen LogP) is 2.49. The Balaban J connectivity index is 1.72. The number of aromatic nitrogens is 1. The molecule has 0 spiro atoms. The van der Waals surface area contributed by atoms with Gasteiger partial charge in [-0.3, -0.25) is 0 Å². The molecule has 124 valence electrons. The van der Waals surface area contributed by atoms with Crippen LogP contribution in [0, 0.1) is 19.8 Å². The quantitative estimate of drug-likeness (QED) is 0.874. The average molecular weight is 325 g/mol. The van der Waals surface area contributed by atoms with Gasteiger partial charge in [0.2, 0.25) is 0 Å². The molecule has 0 atom stereocenters. The highest BCUT2D eigenvalue weighted by Crippen LogP contribution is 2.26. The molecule has 1 aliphatic carbocycles. The molecule has 2 amide bonds. The van der Waals surface area contributed by atoms with Gasteiger partial charge in [-0.2, -0.15) is 0 Å². The molecule has 0 aliphatic heterocycles. The van der Waals surface area contributed by atoms with Crippen molar-refractivity contribution >= 4 is 17.4 Å². The van der Waals surface area contributed by atoms with E-state index in [1.54, 1.807) is 11.3 Å². The van der Waals surface area contributed by atoms with E-state index in [0.717, 1.165) is 42.8 Å². The van der Waals surface area contributed by atoms with Gasteiger partial charge >= 0.3 is 6.03 Å². The molecule has 1 saturated carbocycles. The van der Waals surface area contributed by atoms with Gasteiger partial charge < -0.3 is 15.3 Å². The highest BCUT2D eigenvalue weighted by Gasteiger charge is 2.25. The summed E-state index contributed by atoms with van der Waals surface area (Å²) in [6.07, 6.45) is 4.78. The molecular formula is C16H27N3O2S. The van der Waals surface area contributed by atoms with Gasteiger partial charge in [-0.05, 0) is 45.4 Å². The smallest absolute Gasteiger partial charge is 0.317 e. The molecule has 0 radical (unpaired) electrons. The van der Waals surface area contributed by atoms with Gasteiger partial charge in [-0.1, -0.05) is 0 Å². The van der Waals surface area contributed by atoms with Crippen molar-refractivity contribution in [1.29, 1.82) is 0 Å². The van der Waals surface area contributed by atoms with Crippen LogP contribution in [0.5, 0.6) is 0 Å². The summed E-state index contributed by atoms with van der Waals surface area (Å²) in [7, 11) is 1.87. The van der Waals surface area contributed by atoms with Crippen LogP contribution in [-0.2, 0) is 6.42 Å². The second-order valence-corrected chi connectivity index (χ2v) is 7.49. The SMILES string of the molecule is Cc1nc(CCNC(=O)N(C)C2CCC(CO)CC2)sc1C. The van der Waals surface area contributed by atoms with Gasteiger partial charge in [0.15, 0.2) is 0 Å². The minimum atomic E-state index is -0.00236. The number of aliphatic hydroxyl groups is 1. The zero-order chi connectivity index (χ0) is 16.1. The van der Waals surface area contributed by atoms with Crippen LogP contribution in [0.2, 0.25) is 0 Å². The summed E-state index contributed by atoms with van der Waals surface area (Å²) < 4.78 is 0. The van der Waals surface area contributed by atoms with E-state index in [-0.39, 0.29) is 12.6 Å². The Bertz CT molecular complexity index is 476. The third-order valence-electron chi connectivity index (χ3n) is 4.63. The fraction of sp³-hybridized carbons (Fsp3) is 0.750. The fourth-order valence-corrected chi connectivity index (χ4v) is 3.86. The number of amides is 2. The number of aryl methyl sites for hydroxylation is 2. The Kier molecular flexibility index (Phi) is 6.20. The molecule has 0 unspecified atom stereocenters. The van der Waals surface area contributed by atoms with Gasteiger partial charge in [0.25, 0.3) is 0 Å².